The van der Waals surface area contributed by atoms with Gasteiger partial charge in [-0.15, -0.1) is 12.4 Å². The Morgan fingerprint density at radius 1 is 1.32 bits per heavy atom. The molecule has 1 aromatic carbocycles. The van der Waals surface area contributed by atoms with Crippen LogP contribution < -0.4 is 20.5 Å². The van der Waals surface area contributed by atoms with E-state index in [0.29, 0.717) is 24.6 Å². The van der Waals surface area contributed by atoms with Crippen molar-refractivity contribution in [3.05, 3.63) is 36.8 Å². The number of rotatable bonds is 8. The van der Waals surface area contributed by atoms with Gasteiger partial charge in [-0.2, -0.15) is 0 Å². The van der Waals surface area contributed by atoms with Crippen LogP contribution >= 0.6 is 12.4 Å². The molecule has 2 rings (SSSR count). The third-order valence-corrected chi connectivity index (χ3v) is 4.19. The third kappa shape index (κ3) is 6.35. The maximum absolute atomic E-state index is 12.0. The van der Waals surface area contributed by atoms with Crippen LogP contribution in [0.3, 0.4) is 0 Å². The second kappa shape index (κ2) is 9.37. The Morgan fingerprint density at radius 3 is 2.56 bits per heavy atom. The molecule has 1 aromatic heterocycles. The number of carbonyl (C=O) groups is 1. The van der Waals surface area contributed by atoms with Crippen LogP contribution in [0.2, 0.25) is 0 Å². The van der Waals surface area contributed by atoms with E-state index in [1.807, 2.05) is 0 Å². The number of aryl methyl sites for hydroxylation is 1. The summed E-state index contributed by atoms with van der Waals surface area (Å²) in [4.78, 5) is 15.6. The molecule has 0 fully saturated rings. The quantitative estimate of drug-likeness (QED) is 0.587. The monoisotopic (exact) mass is 389 g/mol. The summed E-state index contributed by atoms with van der Waals surface area (Å²) in [5, 5.41) is 2.44. The van der Waals surface area contributed by atoms with Gasteiger partial charge in [-0.25, -0.2) is 18.1 Å². The summed E-state index contributed by atoms with van der Waals surface area (Å²) < 4.78 is 32.9. The molecule has 11 heteroatoms. The van der Waals surface area contributed by atoms with Gasteiger partial charge in [-0.05, 0) is 24.3 Å². The minimum absolute atomic E-state index is 0. The summed E-state index contributed by atoms with van der Waals surface area (Å²) in [6, 6.07) is 6.67. The maximum Gasteiger partial charge on any atom is 0.260 e. The van der Waals surface area contributed by atoms with Crippen molar-refractivity contribution in [1.82, 2.24) is 14.3 Å². The lowest BCUT2D eigenvalue weighted by atomic mass is 10.3. The largest absolute Gasteiger partial charge is 0.492 e. The first-order valence-electron chi connectivity index (χ1n) is 7.11. The van der Waals surface area contributed by atoms with Crippen LogP contribution in [0.1, 0.15) is 0 Å². The second-order valence-corrected chi connectivity index (χ2v) is 6.63. The number of nitrogens with one attached hydrogen (secondary N) is 2. The van der Waals surface area contributed by atoms with Crippen molar-refractivity contribution in [2.24, 2.45) is 12.8 Å². The molecule has 4 N–H and O–H groups in total. The zero-order valence-electron chi connectivity index (χ0n) is 13.5. The van der Waals surface area contributed by atoms with Crippen LogP contribution in [0.4, 0.5) is 5.69 Å². The molecule has 25 heavy (non-hydrogen) atoms. The molecule has 0 aliphatic rings. The van der Waals surface area contributed by atoms with Gasteiger partial charge in [0.05, 0.1) is 12.9 Å². The molecule has 0 spiro atoms. The van der Waals surface area contributed by atoms with E-state index in [4.69, 9.17) is 10.5 Å². The predicted octanol–water partition coefficient (Wildman–Crippen LogP) is 0.0964. The Morgan fingerprint density at radius 2 is 2.00 bits per heavy atom. The Balaban J connectivity index is 0.00000312. The highest BCUT2D eigenvalue weighted by Gasteiger charge is 2.18. The van der Waals surface area contributed by atoms with E-state index in [1.165, 1.54) is 17.1 Å². The number of nitrogens with two attached hydrogens (primary N) is 1. The first-order chi connectivity index (χ1) is 11.4. The highest BCUT2D eigenvalue weighted by Crippen LogP contribution is 2.15. The summed E-state index contributed by atoms with van der Waals surface area (Å²) in [5.74, 6) is 0.138. The number of carbonyl (C=O) groups excluding carboxylic acids is 1. The van der Waals surface area contributed by atoms with Gasteiger partial charge in [-0.3, -0.25) is 4.79 Å². The summed E-state index contributed by atoms with van der Waals surface area (Å²) in [6.45, 7) is 0.417. The fraction of sp³-hybridized carbons (Fsp3) is 0.286. The number of nitrogens with zero attached hydrogens (tertiary/aromatic N) is 2. The maximum atomic E-state index is 12.0. The molecule has 0 radical (unpaired) electrons. The van der Waals surface area contributed by atoms with E-state index in [0.717, 1.165) is 0 Å². The zero-order valence-corrected chi connectivity index (χ0v) is 15.1. The fourth-order valence-corrected chi connectivity index (χ4v) is 2.74. The van der Waals surface area contributed by atoms with E-state index < -0.39 is 22.5 Å². The van der Waals surface area contributed by atoms with Gasteiger partial charge in [0.15, 0.2) is 5.03 Å². The van der Waals surface area contributed by atoms with E-state index in [-0.39, 0.29) is 17.4 Å². The SMILES string of the molecule is Cl.Cn1cnc(S(=O)(=O)NCC(=O)Nc2ccc(OCCN)cc2)c1. The number of hydrogen-bond acceptors (Lipinski definition) is 6. The molecular weight excluding hydrogens is 370 g/mol. The summed E-state index contributed by atoms with van der Waals surface area (Å²) in [5.41, 5.74) is 5.87. The molecule has 2 aromatic rings. The molecule has 0 saturated heterocycles. The van der Waals surface area contributed by atoms with Crippen molar-refractivity contribution in [3.8, 4) is 5.75 Å². The Hall–Kier alpha value is -2.14. The van der Waals surface area contributed by atoms with Crippen molar-refractivity contribution >= 4 is 34.0 Å². The Bertz CT molecular complexity index is 792. The van der Waals surface area contributed by atoms with Gasteiger partial charge in [-0.1, -0.05) is 0 Å². The van der Waals surface area contributed by atoms with Crippen molar-refractivity contribution in [2.75, 3.05) is 25.0 Å². The zero-order chi connectivity index (χ0) is 17.6. The van der Waals surface area contributed by atoms with Crippen LogP contribution in [-0.4, -0.2) is 43.6 Å². The normalized spacial score (nSPS) is 10.8. The number of anilines is 1. The Kier molecular flexibility index (Phi) is 7.84. The van der Waals surface area contributed by atoms with E-state index in [2.05, 4.69) is 15.0 Å². The molecular formula is C14H20ClN5O4S. The average molecular weight is 390 g/mol. The molecule has 1 amide bonds. The van der Waals surface area contributed by atoms with Crippen LogP contribution in [-0.2, 0) is 21.9 Å². The number of imidazole rings is 1. The number of hydrogen-bond donors (Lipinski definition) is 3. The second-order valence-electron chi connectivity index (χ2n) is 4.91. The lowest BCUT2D eigenvalue weighted by molar-refractivity contribution is -0.115. The molecule has 0 bridgehead atoms. The smallest absolute Gasteiger partial charge is 0.260 e. The first-order valence-corrected chi connectivity index (χ1v) is 8.59. The number of ether oxygens (including phenoxy) is 1. The van der Waals surface area contributed by atoms with Crippen LogP contribution in [0.5, 0.6) is 5.75 Å². The number of sulfonamides is 1. The molecule has 0 aliphatic carbocycles. The van der Waals surface area contributed by atoms with E-state index in [1.54, 1.807) is 31.3 Å². The van der Waals surface area contributed by atoms with Gasteiger partial charge in [0, 0.05) is 25.5 Å². The molecule has 0 saturated carbocycles. The first kappa shape index (κ1) is 20.9. The lowest BCUT2D eigenvalue weighted by Crippen LogP contribution is -2.33. The van der Waals surface area contributed by atoms with E-state index in [9.17, 15) is 13.2 Å². The molecule has 1 heterocycles. The van der Waals surface area contributed by atoms with Crippen molar-refractivity contribution in [3.63, 3.8) is 0 Å². The molecule has 0 atom stereocenters. The highest BCUT2D eigenvalue weighted by molar-refractivity contribution is 7.89. The number of benzene rings is 1. The lowest BCUT2D eigenvalue weighted by Gasteiger charge is -2.08. The van der Waals surface area contributed by atoms with Crippen LogP contribution in [0.15, 0.2) is 41.8 Å². The minimum atomic E-state index is -3.82. The molecule has 0 unspecified atom stereocenters. The van der Waals surface area contributed by atoms with Gasteiger partial charge < -0.3 is 20.4 Å². The minimum Gasteiger partial charge on any atom is -0.492 e. The highest BCUT2D eigenvalue weighted by atomic mass is 35.5. The summed E-state index contributed by atoms with van der Waals surface area (Å²) in [7, 11) is -2.17. The van der Waals surface area contributed by atoms with E-state index >= 15 is 0 Å². The summed E-state index contributed by atoms with van der Waals surface area (Å²) in [6.07, 6.45) is 2.71. The summed E-state index contributed by atoms with van der Waals surface area (Å²) >= 11 is 0. The van der Waals surface area contributed by atoms with Crippen molar-refractivity contribution in [1.29, 1.82) is 0 Å². The standard InChI is InChI=1S/C14H19N5O4S.ClH/c1-19-9-14(16-10-19)24(21,22)17-8-13(20)18-11-2-4-12(5-3-11)23-7-6-15;/h2-5,9-10,17H,6-8,15H2,1H3,(H,18,20);1H. The third-order valence-electron chi connectivity index (χ3n) is 2.90. The fourth-order valence-electron chi connectivity index (χ4n) is 1.78. The predicted molar refractivity (Wildman–Crippen MR) is 95.3 cm³/mol. The van der Waals surface area contributed by atoms with Crippen LogP contribution in [0.25, 0.3) is 0 Å². The van der Waals surface area contributed by atoms with Crippen LogP contribution in [0, 0.1) is 0 Å². The van der Waals surface area contributed by atoms with Crippen molar-refractivity contribution < 1.29 is 17.9 Å². The van der Waals surface area contributed by atoms with Gasteiger partial charge >= 0.3 is 0 Å². The number of aromatic nitrogens is 2. The van der Waals surface area contributed by atoms with Gasteiger partial charge in [0.1, 0.15) is 12.4 Å². The topological polar surface area (TPSA) is 128 Å². The average Bonchev–Trinajstić information content (AvgIpc) is 3.00. The van der Waals surface area contributed by atoms with Gasteiger partial charge in [0.25, 0.3) is 10.0 Å². The van der Waals surface area contributed by atoms with Gasteiger partial charge in [0.2, 0.25) is 5.91 Å². The Labute approximate surface area is 152 Å². The molecule has 0 aliphatic heterocycles. The van der Waals surface area contributed by atoms with Crippen molar-refractivity contribution in [2.45, 2.75) is 5.03 Å². The number of halogens is 1. The number of amides is 1. The molecule has 138 valence electrons. The molecule has 9 nitrogen and oxygen atoms in total.